The minimum absolute atomic E-state index is 0.157. The van der Waals surface area contributed by atoms with Gasteiger partial charge in [-0.1, -0.05) is 87.5 Å². The number of para-hydroxylation sites is 1. The largest absolute Gasteiger partial charge is 0.455 e. The van der Waals surface area contributed by atoms with Gasteiger partial charge < -0.3 is 8.82 Å². The fourth-order valence-corrected chi connectivity index (χ4v) is 15.6. The average molecular weight is 782 g/mol. The second-order valence-electron chi connectivity index (χ2n) is 21.7. The molecule has 5 aromatic heterocycles. The van der Waals surface area contributed by atoms with Crippen LogP contribution in [0.1, 0.15) is 137 Å². The number of rotatable bonds is 2. The molecule has 4 heteroatoms. The molecule has 4 aromatic carbocycles. The van der Waals surface area contributed by atoms with Gasteiger partial charge in [0.15, 0.2) is 0 Å². The molecular weight excluding hydrogens is 731 g/mol. The van der Waals surface area contributed by atoms with Gasteiger partial charge in [0.05, 0.1) is 34.3 Å². The first kappa shape index (κ1) is 33.5. The van der Waals surface area contributed by atoms with Gasteiger partial charge in [-0.15, -0.1) is 0 Å². The molecule has 4 saturated carbocycles. The zero-order valence-corrected chi connectivity index (χ0v) is 35.0. The maximum Gasteiger partial charge on any atom is 0.145 e. The molecule has 4 nitrogen and oxygen atoms in total. The fourth-order valence-electron chi connectivity index (χ4n) is 15.6. The Bertz CT molecular complexity index is 3300. The molecule has 0 saturated heterocycles. The van der Waals surface area contributed by atoms with Gasteiger partial charge in [0, 0.05) is 55.7 Å². The van der Waals surface area contributed by atoms with Crippen molar-refractivity contribution in [1.29, 1.82) is 0 Å². The minimum atomic E-state index is -0.157. The summed E-state index contributed by atoms with van der Waals surface area (Å²) in [5.41, 5.74) is 18.2. The van der Waals surface area contributed by atoms with E-state index >= 15 is 0 Å². The third-order valence-corrected chi connectivity index (χ3v) is 17.3. The van der Waals surface area contributed by atoms with E-state index in [-0.39, 0.29) is 5.41 Å². The van der Waals surface area contributed by atoms with E-state index in [0.717, 1.165) is 34.8 Å². The molecule has 0 aliphatic heterocycles. The first-order chi connectivity index (χ1) is 29.3. The summed E-state index contributed by atoms with van der Waals surface area (Å²) in [6.45, 7) is 7.37. The Labute approximate surface area is 350 Å². The molecule has 0 amide bonds. The van der Waals surface area contributed by atoms with Crippen molar-refractivity contribution < 1.29 is 4.42 Å². The Morgan fingerprint density at radius 3 is 1.68 bits per heavy atom. The number of hydrogen-bond donors (Lipinski definition) is 0. The predicted molar refractivity (Wildman–Crippen MR) is 245 cm³/mol. The van der Waals surface area contributed by atoms with E-state index in [1.165, 1.54) is 152 Å². The van der Waals surface area contributed by atoms with Crippen molar-refractivity contribution in [1.82, 2.24) is 14.4 Å². The molecular formula is C56H51N3O. The molecule has 4 fully saturated rings. The molecule has 9 aromatic rings. The molecule has 5 heterocycles. The lowest BCUT2D eigenvalue weighted by Crippen LogP contribution is -2.25. The lowest BCUT2D eigenvalue weighted by atomic mass is 9.67. The van der Waals surface area contributed by atoms with Crippen molar-refractivity contribution in [3.63, 3.8) is 0 Å². The monoisotopic (exact) mass is 781 g/mol. The van der Waals surface area contributed by atoms with Crippen molar-refractivity contribution in [2.45, 2.75) is 114 Å². The molecule has 8 bridgehead atoms. The van der Waals surface area contributed by atoms with Gasteiger partial charge >= 0.3 is 0 Å². The summed E-state index contributed by atoms with van der Waals surface area (Å²) in [6, 6.07) is 26.8. The quantitative estimate of drug-likeness (QED) is 0.175. The summed E-state index contributed by atoms with van der Waals surface area (Å²) in [6.07, 6.45) is 18.0. The van der Waals surface area contributed by atoms with Crippen LogP contribution in [0.5, 0.6) is 0 Å². The Kier molecular flexibility index (Phi) is 6.35. The number of pyridine rings is 2. The molecule has 0 radical (unpaired) electrons. The maximum absolute atomic E-state index is 7.67. The standard InChI is InChI=1S/C56H51N3O/c1-56(2,3)50-45-40-14-8-13-39(34-12-7-11-33(25-34)32-9-5-4-6-10-32)54(40)60-55(45)49-47-42(27-58-52-38-23-30-16-31(24-38)20-36(19-30)44(47)52)59-41-26-57-51-37-21-28-15-29(22-37)18-35(17-28)43(51)46(41)48(50)53(49)59/h4-14,25-31,35-38H,15-24H2,1-3H3. The second-order valence-corrected chi connectivity index (χ2v) is 21.7. The molecule has 296 valence electrons. The van der Waals surface area contributed by atoms with Crippen molar-refractivity contribution in [3.05, 3.63) is 113 Å². The number of aromatic nitrogens is 3. The summed E-state index contributed by atoms with van der Waals surface area (Å²) in [5.74, 6) is 5.62. The molecule has 4 unspecified atom stereocenters. The van der Waals surface area contributed by atoms with Crippen LogP contribution in [0.25, 0.3) is 82.3 Å². The topological polar surface area (TPSA) is 43.3 Å². The Morgan fingerprint density at radius 1 is 0.517 bits per heavy atom. The lowest BCUT2D eigenvalue weighted by Gasteiger charge is -2.38. The van der Waals surface area contributed by atoms with Gasteiger partial charge in [-0.05, 0) is 145 Å². The van der Waals surface area contributed by atoms with Crippen LogP contribution in [0.4, 0.5) is 0 Å². The smallest absolute Gasteiger partial charge is 0.145 e. The zero-order chi connectivity index (χ0) is 39.3. The number of nitrogens with zero attached hydrogens (tertiary/aromatic N) is 3. The van der Waals surface area contributed by atoms with Crippen LogP contribution in [0, 0.1) is 23.7 Å². The van der Waals surface area contributed by atoms with E-state index in [2.05, 4.69) is 110 Å². The number of furan rings is 1. The van der Waals surface area contributed by atoms with E-state index in [9.17, 15) is 0 Å². The summed E-state index contributed by atoms with van der Waals surface area (Å²) >= 11 is 0. The summed E-state index contributed by atoms with van der Waals surface area (Å²) in [5, 5.41) is 8.32. The van der Waals surface area contributed by atoms with Crippen LogP contribution in [0.2, 0.25) is 0 Å². The summed E-state index contributed by atoms with van der Waals surface area (Å²) in [7, 11) is 0. The Morgan fingerprint density at radius 2 is 1.07 bits per heavy atom. The summed E-state index contributed by atoms with van der Waals surface area (Å²) < 4.78 is 10.3. The van der Waals surface area contributed by atoms with Crippen molar-refractivity contribution in [2.75, 3.05) is 0 Å². The maximum atomic E-state index is 7.67. The van der Waals surface area contributed by atoms with Gasteiger partial charge in [0.25, 0.3) is 0 Å². The van der Waals surface area contributed by atoms with Gasteiger partial charge in [-0.2, -0.15) is 0 Å². The van der Waals surface area contributed by atoms with Crippen molar-refractivity contribution in [3.8, 4) is 22.3 Å². The van der Waals surface area contributed by atoms with Crippen LogP contribution >= 0.6 is 0 Å². The van der Waals surface area contributed by atoms with E-state index in [1.54, 1.807) is 11.1 Å². The Hall–Kier alpha value is -5.22. The highest BCUT2D eigenvalue weighted by atomic mass is 16.3. The molecule has 8 aliphatic carbocycles. The lowest BCUT2D eigenvalue weighted by molar-refractivity contribution is 0.165. The SMILES string of the molecule is CC(C)(C)c1c2c3cccc(-c4cccc(-c5ccccc5)c4)c3oc2c2c3c4c(ncc3n3c5cnc6c(c5c1c23)C1CC2CC(CC6C2)C1)C1CC2CC(C1)CC4C2. The number of fused-ring (bicyclic) bond motifs is 10. The molecule has 0 spiro atoms. The van der Waals surface area contributed by atoms with Crippen LogP contribution in [0.15, 0.2) is 89.6 Å². The van der Waals surface area contributed by atoms with E-state index < -0.39 is 0 Å². The predicted octanol–water partition coefficient (Wildman–Crippen LogP) is 14.9. The first-order valence-corrected chi connectivity index (χ1v) is 23.4. The van der Waals surface area contributed by atoms with E-state index in [1.807, 2.05) is 0 Å². The van der Waals surface area contributed by atoms with Gasteiger partial charge in [-0.3, -0.25) is 9.97 Å². The first-order valence-electron chi connectivity index (χ1n) is 23.4. The highest BCUT2D eigenvalue weighted by Gasteiger charge is 2.47. The highest BCUT2D eigenvalue weighted by molar-refractivity contribution is 6.36. The van der Waals surface area contributed by atoms with E-state index in [4.69, 9.17) is 14.4 Å². The number of benzene rings is 4. The molecule has 60 heavy (non-hydrogen) atoms. The minimum Gasteiger partial charge on any atom is -0.455 e. The zero-order valence-electron chi connectivity index (χ0n) is 35.0. The molecule has 0 N–H and O–H groups in total. The van der Waals surface area contributed by atoms with E-state index in [0.29, 0.717) is 23.7 Å². The molecule has 4 atom stereocenters. The van der Waals surface area contributed by atoms with Crippen LogP contribution in [-0.2, 0) is 5.41 Å². The highest BCUT2D eigenvalue weighted by Crippen LogP contribution is 2.62. The van der Waals surface area contributed by atoms with Crippen molar-refractivity contribution >= 4 is 60.0 Å². The third-order valence-electron chi connectivity index (χ3n) is 17.3. The number of hydrogen-bond acceptors (Lipinski definition) is 3. The second kappa shape index (κ2) is 11.4. The Balaban J connectivity index is 1.14. The summed E-state index contributed by atoms with van der Waals surface area (Å²) in [4.78, 5) is 11.2. The third kappa shape index (κ3) is 4.24. The van der Waals surface area contributed by atoms with Crippen molar-refractivity contribution in [2.24, 2.45) is 23.7 Å². The van der Waals surface area contributed by atoms with Crippen LogP contribution in [-0.4, -0.2) is 14.4 Å². The van der Waals surface area contributed by atoms with Crippen LogP contribution < -0.4 is 0 Å². The van der Waals surface area contributed by atoms with Gasteiger partial charge in [-0.25, -0.2) is 0 Å². The fraction of sp³-hybridized carbons (Fsp3) is 0.393. The molecule has 17 rings (SSSR count). The van der Waals surface area contributed by atoms with Crippen LogP contribution in [0.3, 0.4) is 0 Å². The van der Waals surface area contributed by atoms with Gasteiger partial charge in [0.2, 0.25) is 0 Å². The van der Waals surface area contributed by atoms with Gasteiger partial charge in [0.1, 0.15) is 11.2 Å². The molecule has 8 aliphatic rings. The normalized spacial score (nSPS) is 27.9. The average Bonchev–Trinajstić information content (AvgIpc) is 3.83.